The van der Waals surface area contributed by atoms with Crippen molar-refractivity contribution >= 4 is 21.3 Å². The Morgan fingerprint density at radius 1 is 1.00 bits per heavy atom. The summed E-state index contributed by atoms with van der Waals surface area (Å²) in [5.74, 6) is -4.69. The van der Waals surface area contributed by atoms with Crippen LogP contribution in [0.5, 0.6) is 5.75 Å². The van der Waals surface area contributed by atoms with Crippen molar-refractivity contribution in [3.05, 3.63) is 76.6 Å². The number of fused-ring (bicyclic) bond motifs is 3. The van der Waals surface area contributed by atoms with Crippen LogP contribution in [-0.2, 0) is 28.8 Å². The lowest BCUT2D eigenvalue weighted by molar-refractivity contribution is -0.136. The molecule has 2 N–H and O–H groups in total. The van der Waals surface area contributed by atoms with Gasteiger partial charge in [0.1, 0.15) is 11.6 Å². The summed E-state index contributed by atoms with van der Waals surface area (Å²) in [4.78, 5) is 0. The van der Waals surface area contributed by atoms with E-state index in [0.717, 1.165) is 6.07 Å². The number of nitrogens with zero attached hydrogens (tertiary/aromatic N) is 1. The fraction of sp³-hybridized carbons (Fsp3) is 0.200. The van der Waals surface area contributed by atoms with Crippen LogP contribution in [0.2, 0.25) is 0 Å². The van der Waals surface area contributed by atoms with Crippen molar-refractivity contribution in [1.82, 2.24) is 0 Å². The second-order valence-corrected chi connectivity index (χ2v) is 7.74. The van der Waals surface area contributed by atoms with Gasteiger partial charge in [0.15, 0.2) is 11.6 Å². The van der Waals surface area contributed by atoms with E-state index in [1.165, 1.54) is 24.3 Å². The third kappa shape index (κ3) is 3.48. The minimum atomic E-state index is -4.72. The lowest BCUT2D eigenvalue weighted by Crippen LogP contribution is -2.53. The van der Waals surface area contributed by atoms with E-state index >= 15 is 0 Å². The number of halogens is 6. The quantitative estimate of drug-likeness (QED) is 0.440. The molecule has 1 aliphatic heterocycles. The molecule has 0 fully saturated rings. The summed E-state index contributed by atoms with van der Waals surface area (Å²) in [6.07, 6.45) is -5.15. The summed E-state index contributed by atoms with van der Waals surface area (Å²) in [5.41, 5.74) is 1.61. The number of alkyl halides is 3. The van der Waals surface area contributed by atoms with Crippen LogP contribution in [-0.4, -0.2) is 14.5 Å². The third-order valence-corrected chi connectivity index (χ3v) is 5.60. The Hall–Kier alpha value is -3.12. The molecule has 5 nitrogen and oxygen atoms in total. The van der Waals surface area contributed by atoms with Gasteiger partial charge >= 0.3 is 16.7 Å². The normalized spacial score (nSPS) is 20.5. The topological polar surface area (TPSA) is 81.8 Å². The summed E-state index contributed by atoms with van der Waals surface area (Å²) in [6, 6.07) is 5.03. The van der Waals surface area contributed by atoms with E-state index in [-0.39, 0.29) is 28.2 Å². The number of hydrogen-bond donors (Lipinski definition) is 1. The number of ether oxygens (including phenoxy) is 1. The van der Waals surface area contributed by atoms with Crippen molar-refractivity contribution in [2.24, 2.45) is 10.1 Å². The molecule has 0 amide bonds. The van der Waals surface area contributed by atoms with Gasteiger partial charge < -0.3 is 10.5 Å². The molecular weight excluding hydrogens is 462 g/mol. The zero-order valence-electron chi connectivity index (χ0n) is 15.8. The first-order valence-corrected chi connectivity index (χ1v) is 10.0. The summed E-state index contributed by atoms with van der Waals surface area (Å²) >= 11 is 0. The smallest absolute Gasteiger partial charge is 0.417 e. The predicted molar refractivity (Wildman–Crippen MR) is 101 cm³/mol. The molecule has 0 radical (unpaired) electrons. The SMILES string of the molecule is NC1Cc2cc(C(F)(F)F)c3ccccc3c2OC1(N=S(=O)=O)c1cc(F)c(F)cc1F. The van der Waals surface area contributed by atoms with E-state index in [0.29, 0.717) is 6.07 Å². The largest absolute Gasteiger partial charge is 0.458 e. The molecule has 2 unspecified atom stereocenters. The van der Waals surface area contributed by atoms with Gasteiger partial charge in [-0.1, -0.05) is 24.3 Å². The maximum Gasteiger partial charge on any atom is 0.417 e. The van der Waals surface area contributed by atoms with E-state index in [2.05, 4.69) is 4.36 Å². The summed E-state index contributed by atoms with van der Waals surface area (Å²) < 4.78 is 115. The Bertz CT molecular complexity index is 1380. The van der Waals surface area contributed by atoms with Gasteiger partial charge in [-0.25, -0.2) is 13.2 Å². The highest BCUT2D eigenvalue weighted by molar-refractivity contribution is 7.61. The van der Waals surface area contributed by atoms with E-state index in [1.807, 2.05) is 0 Å². The Morgan fingerprint density at radius 3 is 2.25 bits per heavy atom. The molecule has 0 saturated carbocycles. The van der Waals surface area contributed by atoms with Crippen molar-refractivity contribution < 1.29 is 39.5 Å². The molecule has 0 saturated heterocycles. The molecule has 3 aromatic rings. The monoisotopic (exact) mass is 474 g/mol. The highest BCUT2D eigenvalue weighted by atomic mass is 32.2. The molecule has 168 valence electrons. The standard InChI is InChI=1S/C20H12F6N2O3S/c21-14-8-16(23)15(22)7-13(14)19(28-32(29)30)17(27)6-9-5-12(20(24,25)26)10-3-1-2-4-11(10)18(9)31-19/h1-5,7-8,17H,6,27H2. The van der Waals surface area contributed by atoms with Gasteiger partial charge in [-0.3, -0.25) is 0 Å². The number of rotatable bonds is 2. The fourth-order valence-electron chi connectivity index (χ4n) is 3.82. The van der Waals surface area contributed by atoms with Crippen LogP contribution in [0.25, 0.3) is 10.8 Å². The van der Waals surface area contributed by atoms with E-state index in [4.69, 9.17) is 10.5 Å². The third-order valence-electron chi connectivity index (χ3n) is 5.18. The molecule has 4 rings (SSSR count). The first-order valence-electron chi connectivity index (χ1n) is 8.97. The Labute approximate surface area is 178 Å². The molecule has 12 heteroatoms. The molecule has 0 aliphatic carbocycles. The minimum absolute atomic E-state index is 0.0333. The maximum atomic E-state index is 14.6. The predicted octanol–water partition coefficient (Wildman–Crippen LogP) is 4.45. The first kappa shape index (κ1) is 22.1. The van der Waals surface area contributed by atoms with Crippen molar-refractivity contribution in [2.45, 2.75) is 24.4 Å². The summed E-state index contributed by atoms with van der Waals surface area (Å²) in [5, 5.41) is -0.333. The van der Waals surface area contributed by atoms with Gasteiger partial charge in [0.05, 0.1) is 17.2 Å². The lowest BCUT2D eigenvalue weighted by Gasteiger charge is -2.40. The van der Waals surface area contributed by atoms with Crippen LogP contribution in [0.4, 0.5) is 26.3 Å². The molecule has 3 aromatic carbocycles. The van der Waals surface area contributed by atoms with Crippen LogP contribution in [0.15, 0.2) is 46.8 Å². The van der Waals surface area contributed by atoms with Crippen molar-refractivity contribution in [3.63, 3.8) is 0 Å². The molecule has 0 spiro atoms. The van der Waals surface area contributed by atoms with Gasteiger partial charge in [0.25, 0.3) is 5.72 Å². The zero-order chi connectivity index (χ0) is 23.4. The van der Waals surface area contributed by atoms with E-state index in [1.54, 1.807) is 0 Å². The van der Waals surface area contributed by atoms with Gasteiger partial charge in [-0.2, -0.15) is 21.6 Å². The van der Waals surface area contributed by atoms with Crippen molar-refractivity contribution in [1.29, 1.82) is 0 Å². The second kappa shape index (κ2) is 7.48. The van der Waals surface area contributed by atoms with Crippen LogP contribution >= 0.6 is 0 Å². The average Bonchev–Trinajstić information content (AvgIpc) is 2.69. The van der Waals surface area contributed by atoms with E-state index in [9.17, 15) is 34.8 Å². The Kier molecular flexibility index (Phi) is 5.17. The van der Waals surface area contributed by atoms with E-state index < -0.39 is 63.4 Å². The second-order valence-electron chi connectivity index (χ2n) is 7.12. The molecule has 0 aromatic heterocycles. The number of nitrogens with two attached hydrogens (primary N) is 1. The summed E-state index contributed by atoms with van der Waals surface area (Å²) in [7, 11) is -3.27. The molecule has 1 aliphatic rings. The molecule has 1 heterocycles. The van der Waals surface area contributed by atoms with Gasteiger partial charge in [0.2, 0.25) is 0 Å². The van der Waals surface area contributed by atoms with Crippen LogP contribution in [0.1, 0.15) is 16.7 Å². The minimum Gasteiger partial charge on any atom is -0.458 e. The number of hydrogen-bond acceptors (Lipinski definition) is 5. The van der Waals surface area contributed by atoms with Crippen molar-refractivity contribution in [2.75, 3.05) is 0 Å². The fourth-order valence-corrected chi connectivity index (χ4v) is 4.31. The Balaban J connectivity index is 2.05. The van der Waals surface area contributed by atoms with Crippen LogP contribution in [0.3, 0.4) is 0 Å². The molecule has 2 atom stereocenters. The molecular formula is C20H12F6N2O3S. The first-order chi connectivity index (χ1) is 14.9. The van der Waals surface area contributed by atoms with Crippen LogP contribution in [0, 0.1) is 17.5 Å². The van der Waals surface area contributed by atoms with Crippen LogP contribution < -0.4 is 10.5 Å². The maximum absolute atomic E-state index is 14.6. The molecule has 32 heavy (non-hydrogen) atoms. The number of benzene rings is 3. The zero-order valence-corrected chi connectivity index (χ0v) is 16.6. The van der Waals surface area contributed by atoms with Crippen molar-refractivity contribution in [3.8, 4) is 5.75 Å². The summed E-state index contributed by atoms with van der Waals surface area (Å²) in [6.45, 7) is 0. The van der Waals surface area contributed by atoms with Gasteiger partial charge in [0, 0.05) is 11.5 Å². The van der Waals surface area contributed by atoms with Gasteiger partial charge in [-0.15, -0.1) is 4.36 Å². The Morgan fingerprint density at radius 2 is 1.62 bits per heavy atom. The lowest BCUT2D eigenvalue weighted by atomic mass is 9.85. The van der Waals surface area contributed by atoms with Gasteiger partial charge in [-0.05, 0) is 29.5 Å². The highest BCUT2D eigenvalue weighted by Crippen LogP contribution is 2.47. The average molecular weight is 474 g/mol. The highest BCUT2D eigenvalue weighted by Gasteiger charge is 2.49. The molecule has 0 bridgehead atoms.